The predicted molar refractivity (Wildman–Crippen MR) is 120 cm³/mol. The first-order valence-electron chi connectivity index (χ1n) is 10.7. The minimum atomic E-state index is -0.787. The molecule has 33 heavy (non-hydrogen) atoms. The average molecular weight is 461 g/mol. The fourth-order valence-electron chi connectivity index (χ4n) is 4.16. The molecule has 2 heterocycles. The van der Waals surface area contributed by atoms with Crippen LogP contribution in [0.3, 0.4) is 0 Å². The molecule has 2 aromatic rings. The lowest BCUT2D eigenvalue weighted by molar-refractivity contribution is -0.124. The third-order valence-electron chi connectivity index (χ3n) is 5.91. The van der Waals surface area contributed by atoms with Crippen molar-refractivity contribution in [3.8, 4) is 5.75 Å². The molecule has 0 saturated carbocycles. The number of rotatable bonds is 8. The van der Waals surface area contributed by atoms with Crippen molar-refractivity contribution in [2.45, 2.75) is 45.3 Å². The monoisotopic (exact) mass is 461 g/mol. The van der Waals surface area contributed by atoms with Gasteiger partial charge in [-0.05, 0) is 44.0 Å². The van der Waals surface area contributed by atoms with E-state index < -0.39 is 34.8 Å². The van der Waals surface area contributed by atoms with Crippen molar-refractivity contribution < 1.29 is 18.7 Å². The number of piperidine rings is 1. The second-order valence-electron chi connectivity index (χ2n) is 7.95. The van der Waals surface area contributed by atoms with Crippen molar-refractivity contribution in [3.63, 3.8) is 0 Å². The van der Waals surface area contributed by atoms with Crippen LogP contribution in [-0.4, -0.2) is 52.0 Å². The molecule has 0 radical (unpaired) electrons. The number of carbonyl (C=O) groups excluding carboxylic acids is 2. The Hall–Kier alpha value is -3.47. The van der Waals surface area contributed by atoms with Crippen LogP contribution in [0.5, 0.6) is 5.75 Å². The minimum Gasteiger partial charge on any atom is -0.494 e. The second-order valence-corrected chi connectivity index (χ2v) is 7.95. The fraction of sp³-hybridized carbons (Fsp3) is 0.455. The summed E-state index contributed by atoms with van der Waals surface area (Å²) in [4.78, 5) is 52.5. The summed E-state index contributed by atoms with van der Waals surface area (Å²) in [5.74, 6) is -1.99. The van der Waals surface area contributed by atoms with Gasteiger partial charge in [-0.25, -0.2) is 9.18 Å². The van der Waals surface area contributed by atoms with Crippen LogP contribution in [0.25, 0.3) is 0 Å². The number of nitrogens with two attached hydrogens (primary N) is 2. The van der Waals surface area contributed by atoms with E-state index >= 15 is 0 Å². The largest absolute Gasteiger partial charge is 0.494 e. The Kier molecular flexibility index (Phi) is 7.32. The zero-order valence-electron chi connectivity index (χ0n) is 18.7. The molecule has 11 heteroatoms. The number of aromatic nitrogens is 2. The molecule has 1 aromatic heterocycles. The van der Waals surface area contributed by atoms with E-state index in [-0.39, 0.29) is 36.8 Å². The van der Waals surface area contributed by atoms with Gasteiger partial charge in [0.1, 0.15) is 11.4 Å². The molecule has 178 valence electrons. The molecule has 0 aliphatic carbocycles. The Labute approximate surface area is 189 Å². The molecule has 1 fully saturated rings. The van der Waals surface area contributed by atoms with Gasteiger partial charge in [0, 0.05) is 6.54 Å². The number of primary amides is 1. The number of halogens is 1. The molecule has 1 amide bonds. The van der Waals surface area contributed by atoms with Crippen molar-refractivity contribution in [3.05, 3.63) is 56.0 Å². The molecular weight excluding hydrogens is 433 g/mol. The van der Waals surface area contributed by atoms with Crippen LogP contribution < -0.4 is 27.5 Å². The van der Waals surface area contributed by atoms with Crippen molar-refractivity contribution >= 4 is 17.5 Å². The van der Waals surface area contributed by atoms with Crippen LogP contribution in [-0.2, 0) is 17.9 Å². The topological polar surface area (TPSA) is 143 Å². The Morgan fingerprint density at radius 2 is 1.94 bits per heavy atom. The number of benzene rings is 1. The average Bonchev–Trinajstić information content (AvgIpc) is 2.78. The molecule has 10 nitrogen and oxygen atoms in total. The Morgan fingerprint density at radius 1 is 1.21 bits per heavy atom. The van der Waals surface area contributed by atoms with E-state index in [1.165, 1.54) is 25.3 Å². The fourth-order valence-corrected chi connectivity index (χ4v) is 4.16. The summed E-state index contributed by atoms with van der Waals surface area (Å²) in [6.45, 7) is 1.79. The summed E-state index contributed by atoms with van der Waals surface area (Å²) >= 11 is 0. The van der Waals surface area contributed by atoms with Crippen LogP contribution >= 0.6 is 0 Å². The SMILES string of the molecule is CCn1c(=O)c(C(=O)CN2CCCCC2C(N)=O)c(N)n(Cc2ccc(F)c(OC)c2)c1=O. The summed E-state index contributed by atoms with van der Waals surface area (Å²) in [6.07, 6.45) is 2.13. The van der Waals surface area contributed by atoms with Gasteiger partial charge in [0.25, 0.3) is 5.56 Å². The van der Waals surface area contributed by atoms with E-state index in [9.17, 15) is 23.6 Å². The molecule has 0 bridgehead atoms. The number of hydrogen-bond acceptors (Lipinski definition) is 7. The van der Waals surface area contributed by atoms with E-state index in [0.29, 0.717) is 18.5 Å². The summed E-state index contributed by atoms with van der Waals surface area (Å²) in [5, 5.41) is 0. The highest BCUT2D eigenvalue weighted by Crippen LogP contribution is 2.20. The number of nitrogen functional groups attached to an aromatic ring is 1. The molecule has 4 N–H and O–H groups in total. The van der Waals surface area contributed by atoms with Gasteiger partial charge in [0.15, 0.2) is 17.3 Å². The highest BCUT2D eigenvalue weighted by Gasteiger charge is 2.31. The van der Waals surface area contributed by atoms with Crippen molar-refractivity contribution in [2.75, 3.05) is 25.9 Å². The molecule has 1 aliphatic rings. The number of hydrogen-bond donors (Lipinski definition) is 2. The zero-order valence-corrected chi connectivity index (χ0v) is 18.7. The summed E-state index contributed by atoms with van der Waals surface area (Å²) < 4.78 is 20.8. The number of methoxy groups -OCH3 is 1. The van der Waals surface area contributed by atoms with Crippen LogP contribution in [0.2, 0.25) is 0 Å². The quantitative estimate of drug-likeness (QED) is 0.539. The molecule has 1 aliphatic heterocycles. The number of carbonyl (C=O) groups is 2. The Morgan fingerprint density at radius 3 is 2.58 bits per heavy atom. The van der Waals surface area contributed by atoms with Gasteiger partial charge in [0.2, 0.25) is 5.91 Å². The lowest BCUT2D eigenvalue weighted by Gasteiger charge is -2.33. The van der Waals surface area contributed by atoms with Gasteiger partial charge in [-0.1, -0.05) is 12.5 Å². The smallest absolute Gasteiger partial charge is 0.332 e. The number of nitrogens with zero attached hydrogens (tertiary/aromatic N) is 3. The zero-order chi connectivity index (χ0) is 24.3. The lowest BCUT2D eigenvalue weighted by atomic mass is 10.0. The van der Waals surface area contributed by atoms with E-state index in [1.807, 2.05) is 0 Å². The molecule has 3 rings (SSSR count). The van der Waals surface area contributed by atoms with Gasteiger partial charge < -0.3 is 16.2 Å². The highest BCUT2D eigenvalue weighted by molar-refractivity contribution is 6.01. The van der Waals surface area contributed by atoms with Crippen LogP contribution in [0.15, 0.2) is 27.8 Å². The highest BCUT2D eigenvalue weighted by atomic mass is 19.1. The molecule has 0 spiro atoms. The second kappa shape index (κ2) is 9.99. The molecule has 1 saturated heterocycles. The van der Waals surface area contributed by atoms with Crippen LogP contribution in [0, 0.1) is 5.82 Å². The predicted octanol–water partition coefficient (Wildman–Crippen LogP) is 0.331. The maximum absolute atomic E-state index is 13.8. The summed E-state index contributed by atoms with van der Waals surface area (Å²) in [7, 11) is 1.32. The Bertz CT molecular complexity index is 1190. The lowest BCUT2D eigenvalue weighted by Crippen LogP contribution is -2.51. The molecular formula is C22H28FN5O5. The summed E-state index contributed by atoms with van der Waals surface area (Å²) in [6, 6.07) is 3.46. The maximum atomic E-state index is 13.8. The number of Topliss-reactive ketones (excluding diaryl/α,β-unsaturated/α-hetero) is 1. The first-order valence-corrected chi connectivity index (χ1v) is 10.7. The number of ether oxygens (including phenoxy) is 1. The Balaban J connectivity index is 2.03. The number of likely N-dealkylation sites (tertiary alicyclic amines) is 1. The first kappa shape index (κ1) is 24.2. The number of ketones is 1. The maximum Gasteiger partial charge on any atom is 0.332 e. The van der Waals surface area contributed by atoms with Crippen molar-refractivity contribution in [1.82, 2.24) is 14.0 Å². The first-order chi connectivity index (χ1) is 15.7. The molecule has 1 unspecified atom stereocenters. The van der Waals surface area contributed by atoms with Gasteiger partial charge in [-0.15, -0.1) is 0 Å². The van der Waals surface area contributed by atoms with Crippen LogP contribution in [0.1, 0.15) is 42.1 Å². The number of amides is 1. The molecule has 1 atom stereocenters. The van der Waals surface area contributed by atoms with Gasteiger partial charge in [-0.3, -0.25) is 28.4 Å². The van der Waals surface area contributed by atoms with Crippen molar-refractivity contribution in [2.24, 2.45) is 5.73 Å². The third kappa shape index (κ3) is 4.82. The summed E-state index contributed by atoms with van der Waals surface area (Å²) in [5.41, 5.74) is 10.3. The van der Waals surface area contributed by atoms with Gasteiger partial charge in [-0.2, -0.15) is 0 Å². The van der Waals surface area contributed by atoms with Gasteiger partial charge in [0.05, 0.1) is 26.2 Å². The van der Waals surface area contributed by atoms with E-state index in [2.05, 4.69) is 0 Å². The standard InChI is InChI=1S/C22H28FN5O5/c1-3-27-21(31)18(16(29)12-26-9-5-4-6-15(26)20(25)30)19(24)28(22(27)32)11-13-7-8-14(23)17(10-13)33-2/h7-8,10,15H,3-6,9,11-12,24H2,1-2H3,(H2,25,30). The minimum absolute atomic E-state index is 0.0122. The number of anilines is 1. The van der Waals surface area contributed by atoms with E-state index in [4.69, 9.17) is 16.2 Å². The van der Waals surface area contributed by atoms with E-state index in [1.54, 1.807) is 11.8 Å². The normalized spacial score (nSPS) is 16.5. The van der Waals surface area contributed by atoms with Crippen molar-refractivity contribution in [1.29, 1.82) is 0 Å². The molecule has 1 aromatic carbocycles. The third-order valence-corrected chi connectivity index (χ3v) is 5.91. The van der Waals surface area contributed by atoms with E-state index in [0.717, 1.165) is 22.0 Å². The van der Waals surface area contributed by atoms with Gasteiger partial charge >= 0.3 is 5.69 Å². The van der Waals surface area contributed by atoms with Crippen LogP contribution in [0.4, 0.5) is 10.2 Å².